The zero-order valence-corrected chi connectivity index (χ0v) is 15.1. The highest BCUT2D eigenvalue weighted by Gasteiger charge is 2.25. The molecule has 0 saturated carbocycles. The van der Waals surface area contributed by atoms with E-state index < -0.39 is 16.0 Å². The van der Waals surface area contributed by atoms with E-state index in [9.17, 15) is 13.2 Å². The van der Waals surface area contributed by atoms with Crippen LogP contribution in [0.25, 0.3) is 11.1 Å². The molecule has 0 aliphatic carbocycles. The third kappa shape index (κ3) is 3.71. The zero-order valence-electron chi connectivity index (χ0n) is 13.5. The lowest BCUT2D eigenvalue weighted by Gasteiger charge is -2.25. The Labute approximate surface area is 151 Å². The highest BCUT2D eigenvalue weighted by Crippen LogP contribution is 2.28. The molecule has 2 aromatic carbocycles. The summed E-state index contributed by atoms with van der Waals surface area (Å²) in [6, 6.07) is 11.3. The molecule has 0 atom stereocenters. The van der Waals surface area contributed by atoms with Crippen molar-refractivity contribution in [2.75, 3.05) is 13.1 Å². The van der Waals surface area contributed by atoms with Crippen LogP contribution in [0.15, 0.2) is 47.4 Å². The van der Waals surface area contributed by atoms with Crippen LogP contribution in [-0.4, -0.2) is 36.9 Å². The topological polar surface area (TPSA) is 74.7 Å². The van der Waals surface area contributed by atoms with Gasteiger partial charge >= 0.3 is 5.97 Å². The molecule has 1 aliphatic rings. The Balaban J connectivity index is 1.87. The zero-order chi connectivity index (χ0) is 18.0. The molecule has 1 heterocycles. The molecular weight excluding hydrogens is 362 g/mol. The molecule has 1 aliphatic heterocycles. The second-order valence-corrected chi connectivity index (χ2v) is 8.33. The van der Waals surface area contributed by atoms with E-state index in [1.165, 1.54) is 10.4 Å². The number of carboxylic acid groups (broad SMARTS) is 1. The largest absolute Gasteiger partial charge is 0.478 e. The summed E-state index contributed by atoms with van der Waals surface area (Å²) in [5, 5.41) is 9.17. The fraction of sp³-hybridized carbons (Fsp3) is 0.278. The third-order valence-corrected chi connectivity index (χ3v) is 6.57. The van der Waals surface area contributed by atoms with Crippen LogP contribution in [0.1, 0.15) is 29.6 Å². The lowest BCUT2D eigenvalue weighted by Crippen LogP contribution is -2.35. The molecule has 0 spiro atoms. The number of sulfonamides is 1. The summed E-state index contributed by atoms with van der Waals surface area (Å²) < 4.78 is 26.8. The minimum Gasteiger partial charge on any atom is -0.478 e. The van der Waals surface area contributed by atoms with Gasteiger partial charge in [-0.25, -0.2) is 13.2 Å². The maximum absolute atomic E-state index is 12.6. The Morgan fingerprint density at radius 2 is 1.56 bits per heavy atom. The number of carbonyl (C=O) groups is 1. The Hall–Kier alpha value is -1.89. The molecule has 5 nitrogen and oxygen atoms in total. The first kappa shape index (κ1) is 17.9. The molecule has 132 valence electrons. The number of carboxylic acids is 1. The van der Waals surface area contributed by atoms with Gasteiger partial charge in [0, 0.05) is 13.1 Å². The molecule has 1 fully saturated rings. The third-order valence-electron chi connectivity index (χ3n) is 4.34. The fourth-order valence-corrected chi connectivity index (χ4v) is 4.72. The smallest absolute Gasteiger partial charge is 0.337 e. The van der Waals surface area contributed by atoms with Gasteiger partial charge in [-0.2, -0.15) is 4.31 Å². The Morgan fingerprint density at radius 1 is 0.960 bits per heavy atom. The van der Waals surface area contributed by atoms with Crippen molar-refractivity contribution in [1.82, 2.24) is 4.31 Å². The first-order chi connectivity index (χ1) is 11.9. The molecule has 1 N–H and O–H groups in total. The standard InChI is InChI=1S/C18H18ClNO4S/c19-17-12-14(6-9-16(17)18(21)22)13-4-7-15(8-5-13)25(23,24)20-10-2-1-3-11-20/h4-9,12H,1-3,10-11H2,(H,21,22). The molecule has 0 aromatic heterocycles. The molecule has 1 saturated heterocycles. The van der Waals surface area contributed by atoms with Crippen molar-refractivity contribution in [3.05, 3.63) is 53.1 Å². The quantitative estimate of drug-likeness (QED) is 0.874. The van der Waals surface area contributed by atoms with Crippen molar-refractivity contribution in [3.63, 3.8) is 0 Å². The normalized spacial score (nSPS) is 15.9. The van der Waals surface area contributed by atoms with Crippen LogP contribution in [0.2, 0.25) is 5.02 Å². The molecule has 0 unspecified atom stereocenters. The van der Waals surface area contributed by atoms with E-state index in [2.05, 4.69) is 0 Å². The second-order valence-electron chi connectivity index (χ2n) is 5.99. The molecule has 3 rings (SSSR count). The van der Waals surface area contributed by atoms with Gasteiger partial charge in [0.1, 0.15) is 0 Å². The first-order valence-electron chi connectivity index (χ1n) is 8.03. The van der Waals surface area contributed by atoms with Crippen LogP contribution in [0, 0.1) is 0 Å². The van der Waals surface area contributed by atoms with Gasteiger partial charge in [-0.1, -0.05) is 36.2 Å². The molecule has 2 aromatic rings. The van der Waals surface area contributed by atoms with Crippen LogP contribution in [-0.2, 0) is 10.0 Å². The maximum Gasteiger partial charge on any atom is 0.337 e. The highest BCUT2D eigenvalue weighted by molar-refractivity contribution is 7.89. The number of nitrogens with zero attached hydrogens (tertiary/aromatic N) is 1. The van der Waals surface area contributed by atoms with E-state index in [4.69, 9.17) is 16.7 Å². The van der Waals surface area contributed by atoms with Gasteiger partial charge in [-0.05, 0) is 48.2 Å². The first-order valence-corrected chi connectivity index (χ1v) is 9.85. The summed E-state index contributed by atoms with van der Waals surface area (Å²) in [5.41, 5.74) is 1.54. The summed E-state index contributed by atoms with van der Waals surface area (Å²) >= 11 is 6.00. The summed E-state index contributed by atoms with van der Waals surface area (Å²) in [6.07, 6.45) is 2.86. The summed E-state index contributed by atoms with van der Waals surface area (Å²) in [6.45, 7) is 1.13. The number of aromatic carboxylic acids is 1. The van der Waals surface area contributed by atoms with E-state index in [0.717, 1.165) is 30.4 Å². The minimum atomic E-state index is -3.46. The van der Waals surface area contributed by atoms with E-state index in [1.807, 2.05) is 0 Å². The van der Waals surface area contributed by atoms with Crippen LogP contribution in [0.4, 0.5) is 0 Å². The fourth-order valence-electron chi connectivity index (χ4n) is 2.94. The minimum absolute atomic E-state index is 0.0368. The number of hydrogen-bond donors (Lipinski definition) is 1. The van der Waals surface area contributed by atoms with Crippen molar-refractivity contribution in [1.29, 1.82) is 0 Å². The van der Waals surface area contributed by atoms with Gasteiger partial charge in [-0.3, -0.25) is 0 Å². The lowest BCUT2D eigenvalue weighted by atomic mass is 10.0. The van der Waals surface area contributed by atoms with Crippen molar-refractivity contribution < 1.29 is 18.3 Å². The Bertz CT molecular complexity index is 888. The van der Waals surface area contributed by atoms with Gasteiger partial charge in [0.25, 0.3) is 0 Å². The molecule has 0 radical (unpaired) electrons. The SMILES string of the molecule is O=C(O)c1ccc(-c2ccc(S(=O)(=O)N3CCCCC3)cc2)cc1Cl. The predicted octanol–water partition coefficient (Wildman–Crippen LogP) is 3.88. The van der Waals surface area contributed by atoms with Crippen molar-refractivity contribution in [2.45, 2.75) is 24.2 Å². The van der Waals surface area contributed by atoms with Crippen LogP contribution in [0.5, 0.6) is 0 Å². The Morgan fingerprint density at radius 3 is 2.12 bits per heavy atom. The molecule has 25 heavy (non-hydrogen) atoms. The van der Waals surface area contributed by atoms with Gasteiger partial charge in [0.05, 0.1) is 15.5 Å². The van der Waals surface area contributed by atoms with Crippen LogP contribution < -0.4 is 0 Å². The van der Waals surface area contributed by atoms with Crippen LogP contribution >= 0.6 is 11.6 Å². The molecule has 7 heteroatoms. The van der Waals surface area contributed by atoms with Crippen molar-refractivity contribution in [3.8, 4) is 11.1 Å². The number of piperidine rings is 1. The number of rotatable bonds is 4. The molecule has 0 amide bonds. The average Bonchev–Trinajstić information content (AvgIpc) is 2.62. The van der Waals surface area contributed by atoms with Crippen molar-refractivity contribution >= 4 is 27.6 Å². The monoisotopic (exact) mass is 379 g/mol. The second kappa shape index (κ2) is 7.15. The maximum atomic E-state index is 12.6. The lowest BCUT2D eigenvalue weighted by molar-refractivity contribution is 0.0697. The van der Waals surface area contributed by atoms with E-state index in [1.54, 1.807) is 36.4 Å². The number of halogens is 1. The predicted molar refractivity (Wildman–Crippen MR) is 96.5 cm³/mol. The van der Waals surface area contributed by atoms with Gasteiger partial charge in [0.15, 0.2) is 0 Å². The van der Waals surface area contributed by atoms with Gasteiger partial charge in [0.2, 0.25) is 10.0 Å². The number of hydrogen-bond acceptors (Lipinski definition) is 3. The van der Waals surface area contributed by atoms with E-state index in [0.29, 0.717) is 13.1 Å². The van der Waals surface area contributed by atoms with Gasteiger partial charge in [-0.15, -0.1) is 0 Å². The summed E-state index contributed by atoms with van der Waals surface area (Å²) in [7, 11) is -3.46. The molecular formula is C18H18ClNO4S. The van der Waals surface area contributed by atoms with E-state index in [-0.39, 0.29) is 15.5 Å². The van der Waals surface area contributed by atoms with Crippen LogP contribution in [0.3, 0.4) is 0 Å². The number of benzene rings is 2. The summed E-state index contributed by atoms with van der Waals surface area (Å²) in [4.78, 5) is 11.3. The Kier molecular flexibility index (Phi) is 5.13. The molecule has 0 bridgehead atoms. The summed E-state index contributed by atoms with van der Waals surface area (Å²) in [5.74, 6) is -1.08. The van der Waals surface area contributed by atoms with Gasteiger partial charge < -0.3 is 5.11 Å². The van der Waals surface area contributed by atoms with Crippen molar-refractivity contribution in [2.24, 2.45) is 0 Å². The average molecular weight is 380 g/mol. The highest BCUT2D eigenvalue weighted by atomic mass is 35.5. The van der Waals surface area contributed by atoms with E-state index >= 15 is 0 Å².